The zero-order chi connectivity index (χ0) is 16.3. The molecule has 2 aromatic carbocycles. The zero-order valence-corrected chi connectivity index (χ0v) is 11.8. The van der Waals surface area contributed by atoms with Gasteiger partial charge in [0.15, 0.2) is 11.4 Å². The van der Waals surface area contributed by atoms with Crippen LogP contribution in [-0.4, -0.2) is 19.5 Å². The number of carbonyl (C=O) groups is 1. The highest BCUT2D eigenvalue weighted by molar-refractivity contribution is 7.89. The second-order valence-electron chi connectivity index (χ2n) is 4.18. The van der Waals surface area contributed by atoms with E-state index in [-0.39, 0.29) is 5.75 Å². The average molecular weight is 322 g/mol. The minimum absolute atomic E-state index is 0.236. The van der Waals surface area contributed by atoms with Crippen LogP contribution in [0.1, 0.15) is 10.4 Å². The van der Waals surface area contributed by atoms with Gasteiger partial charge in [-0.05, 0) is 29.4 Å². The number of nitrogens with zero attached hydrogens (tertiary/aromatic N) is 1. The van der Waals surface area contributed by atoms with Crippen LogP contribution in [0, 0.1) is 4.91 Å². The lowest BCUT2D eigenvalue weighted by Crippen LogP contribution is -2.14. The van der Waals surface area contributed by atoms with Crippen LogP contribution in [0.2, 0.25) is 0 Å². The number of carboxylic acid groups (broad SMARTS) is 1. The Hall–Kier alpha value is -2.78. The molecule has 0 heterocycles. The quantitative estimate of drug-likeness (QED) is 0.810. The number of nitrogens with two attached hydrogens (primary N) is 1. The summed E-state index contributed by atoms with van der Waals surface area (Å²) >= 11 is 0. The molecule has 3 N–H and O–H groups in total. The third kappa shape index (κ3) is 3.27. The van der Waals surface area contributed by atoms with Gasteiger partial charge in [-0.2, -0.15) is 0 Å². The SMILES string of the molecule is NS(=O)(=O)c1cc(C(=O)O)cc(N=O)c1Oc1ccccc1. The summed E-state index contributed by atoms with van der Waals surface area (Å²) in [4.78, 5) is 21.3. The number of sulfonamides is 1. The van der Waals surface area contributed by atoms with Crippen molar-refractivity contribution < 1.29 is 23.1 Å². The van der Waals surface area contributed by atoms with E-state index in [1.54, 1.807) is 18.2 Å². The summed E-state index contributed by atoms with van der Waals surface area (Å²) < 4.78 is 28.6. The van der Waals surface area contributed by atoms with Crippen LogP contribution in [-0.2, 0) is 10.0 Å². The number of nitroso groups, excluding NO2 is 1. The Kier molecular flexibility index (Phi) is 4.20. The number of hydrogen-bond acceptors (Lipinski definition) is 6. The fourth-order valence-electron chi connectivity index (χ4n) is 1.70. The number of para-hydroxylation sites is 1. The van der Waals surface area contributed by atoms with Crippen molar-refractivity contribution in [3.63, 3.8) is 0 Å². The third-order valence-electron chi connectivity index (χ3n) is 2.65. The highest BCUT2D eigenvalue weighted by Gasteiger charge is 2.24. The first-order valence-corrected chi connectivity index (χ1v) is 7.38. The van der Waals surface area contributed by atoms with Crippen molar-refractivity contribution in [2.24, 2.45) is 10.3 Å². The molecule has 2 rings (SSSR count). The lowest BCUT2D eigenvalue weighted by molar-refractivity contribution is 0.0696. The molecule has 9 heteroatoms. The van der Waals surface area contributed by atoms with Gasteiger partial charge in [0.05, 0.1) is 5.56 Å². The first-order chi connectivity index (χ1) is 10.3. The monoisotopic (exact) mass is 322 g/mol. The first kappa shape index (κ1) is 15.6. The van der Waals surface area contributed by atoms with Crippen LogP contribution in [0.15, 0.2) is 52.5 Å². The predicted molar refractivity (Wildman–Crippen MR) is 76.7 cm³/mol. The highest BCUT2D eigenvalue weighted by Crippen LogP contribution is 2.38. The number of aromatic carboxylic acids is 1. The normalized spacial score (nSPS) is 11.0. The van der Waals surface area contributed by atoms with Gasteiger partial charge in [-0.15, -0.1) is 4.91 Å². The van der Waals surface area contributed by atoms with E-state index in [1.807, 2.05) is 0 Å². The van der Waals surface area contributed by atoms with Crippen LogP contribution in [0.25, 0.3) is 0 Å². The molecule has 114 valence electrons. The summed E-state index contributed by atoms with van der Waals surface area (Å²) in [6, 6.07) is 9.73. The Bertz CT molecular complexity index is 833. The molecule has 22 heavy (non-hydrogen) atoms. The molecule has 0 aliphatic carbocycles. The molecule has 0 unspecified atom stereocenters. The first-order valence-electron chi connectivity index (χ1n) is 5.83. The molecule has 0 saturated heterocycles. The van der Waals surface area contributed by atoms with E-state index < -0.39 is 37.9 Å². The number of primary sulfonamides is 1. The molecule has 0 amide bonds. The fourth-order valence-corrected chi connectivity index (χ4v) is 2.39. The number of rotatable bonds is 5. The summed E-state index contributed by atoms with van der Waals surface area (Å²) in [5, 5.41) is 16.6. The van der Waals surface area contributed by atoms with Crippen molar-refractivity contribution in [1.82, 2.24) is 0 Å². The molecule has 0 fully saturated rings. The van der Waals surface area contributed by atoms with Crippen molar-refractivity contribution in [3.05, 3.63) is 52.9 Å². The van der Waals surface area contributed by atoms with E-state index in [9.17, 15) is 18.1 Å². The molecule has 2 aromatic rings. The van der Waals surface area contributed by atoms with Gasteiger partial charge in [-0.3, -0.25) is 0 Å². The van der Waals surface area contributed by atoms with Crippen LogP contribution in [0.4, 0.5) is 5.69 Å². The maximum absolute atomic E-state index is 11.6. The summed E-state index contributed by atoms with van der Waals surface area (Å²) in [7, 11) is -4.33. The van der Waals surface area contributed by atoms with Crippen molar-refractivity contribution in [2.45, 2.75) is 4.90 Å². The maximum atomic E-state index is 11.6. The standard InChI is InChI=1S/C13H10N2O6S/c14-22(19,20)11-7-8(13(16)17)6-10(15-18)12(11)21-9-4-2-1-3-5-9/h1-7H,(H,16,17)(H2,14,19,20). The van der Waals surface area contributed by atoms with Gasteiger partial charge in [0, 0.05) is 0 Å². The van der Waals surface area contributed by atoms with E-state index in [2.05, 4.69) is 5.18 Å². The number of hydrogen-bond donors (Lipinski definition) is 2. The van der Waals surface area contributed by atoms with Crippen LogP contribution in [0.3, 0.4) is 0 Å². The van der Waals surface area contributed by atoms with Crippen LogP contribution in [0.5, 0.6) is 11.5 Å². The lowest BCUT2D eigenvalue weighted by atomic mass is 10.2. The van der Waals surface area contributed by atoms with E-state index in [0.29, 0.717) is 0 Å². The van der Waals surface area contributed by atoms with Gasteiger partial charge in [0.1, 0.15) is 10.6 Å². The van der Waals surface area contributed by atoms with Gasteiger partial charge < -0.3 is 9.84 Å². The Morgan fingerprint density at radius 2 is 1.82 bits per heavy atom. The van der Waals surface area contributed by atoms with Crippen molar-refractivity contribution in [2.75, 3.05) is 0 Å². The average Bonchev–Trinajstić information content (AvgIpc) is 2.47. The minimum atomic E-state index is -4.33. The molecule has 0 radical (unpaired) electrons. The molecular weight excluding hydrogens is 312 g/mol. The molecule has 0 atom stereocenters. The second-order valence-corrected chi connectivity index (χ2v) is 5.71. The Morgan fingerprint density at radius 1 is 1.18 bits per heavy atom. The lowest BCUT2D eigenvalue weighted by Gasteiger charge is -2.12. The molecule has 0 aliphatic rings. The summed E-state index contributed by atoms with van der Waals surface area (Å²) in [5.74, 6) is -1.62. The van der Waals surface area contributed by atoms with Crippen molar-refractivity contribution >= 4 is 21.7 Å². The smallest absolute Gasteiger partial charge is 0.335 e. The number of carboxylic acids is 1. The van der Waals surface area contributed by atoms with Gasteiger partial charge in [-0.25, -0.2) is 18.4 Å². The molecule has 0 aliphatic heterocycles. The van der Waals surface area contributed by atoms with Gasteiger partial charge in [0.2, 0.25) is 10.0 Å². The second kappa shape index (κ2) is 5.92. The highest BCUT2D eigenvalue weighted by atomic mass is 32.2. The van der Waals surface area contributed by atoms with E-state index >= 15 is 0 Å². The third-order valence-corrected chi connectivity index (χ3v) is 3.57. The zero-order valence-electron chi connectivity index (χ0n) is 11.0. The van der Waals surface area contributed by atoms with Gasteiger partial charge in [-0.1, -0.05) is 18.2 Å². The van der Waals surface area contributed by atoms with Gasteiger partial charge in [0.25, 0.3) is 0 Å². The number of benzene rings is 2. The topological polar surface area (TPSA) is 136 Å². The van der Waals surface area contributed by atoms with E-state index in [4.69, 9.17) is 15.0 Å². The Labute approximate surface area is 125 Å². The fraction of sp³-hybridized carbons (Fsp3) is 0. The molecule has 0 spiro atoms. The Morgan fingerprint density at radius 3 is 2.32 bits per heavy atom. The summed E-state index contributed by atoms with van der Waals surface area (Å²) in [6.07, 6.45) is 0. The van der Waals surface area contributed by atoms with E-state index in [0.717, 1.165) is 12.1 Å². The molecule has 0 bridgehead atoms. The molecule has 0 aromatic heterocycles. The molecule has 8 nitrogen and oxygen atoms in total. The molecule has 0 saturated carbocycles. The number of ether oxygens (including phenoxy) is 1. The summed E-state index contributed by atoms with van der Waals surface area (Å²) in [6.45, 7) is 0. The largest absolute Gasteiger partial charge is 0.478 e. The van der Waals surface area contributed by atoms with Crippen LogP contribution < -0.4 is 9.88 Å². The predicted octanol–water partition coefficient (Wildman–Crippen LogP) is 2.22. The Balaban J connectivity index is 2.70. The van der Waals surface area contributed by atoms with Crippen LogP contribution >= 0.6 is 0 Å². The summed E-state index contributed by atoms with van der Waals surface area (Å²) in [5.41, 5.74) is -0.924. The van der Waals surface area contributed by atoms with E-state index in [1.165, 1.54) is 12.1 Å². The molecular formula is C13H10N2O6S. The van der Waals surface area contributed by atoms with Crippen molar-refractivity contribution in [3.8, 4) is 11.5 Å². The minimum Gasteiger partial charge on any atom is -0.478 e. The maximum Gasteiger partial charge on any atom is 0.335 e. The van der Waals surface area contributed by atoms with Crippen molar-refractivity contribution in [1.29, 1.82) is 0 Å². The van der Waals surface area contributed by atoms with Gasteiger partial charge >= 0.3 is 5.97 Å².